The second-order valence-corrected chi connectivity index (χ2v) is 4.52. The summed E-state index contributed by atoms with van der Waals surface area (Å²) in [6, 6.07) is 8.05. The number of nitrogens with zero attached hydrogens (tertiary/aromatic N) is 1. The highest BCUT2D eigenvalue weighted by Gasteiger charge is 2.06. The summed E-state index contributed by atoms with van der Waals surface area (Å²) in [7, 11) is 3.33. The molecule has 0 saturated carbocycles. The molecule has 0 amide bonds. The van der Waals surface area contributed by atoms with Crippen molar-refractivity contribution in [1.82, 2.24) is 4.57 Å². The first-order valence-electron chi connectivity index (χ1n) is 5.13. The molecule has 4 heteroatoms. The third-order valence-corrected chi connectivity index (χ3v) is 3.28. The SMILES string of the molecule is COC(=O)C=Cc1cc2cccc(Br)c2n1C. The number of hydrogen-bond acceptors (Lipinski definition) is 2. The summed E-state index contributed by atoms with van der Waals surface area (Å²) in [5, 5.41) is 1.13. The van der Waals surface area contributed by atoms with E-state index in [1.807, 2.05) is 35.9 Å². The van der Waals surface area contributed by atoms with Gasteiger partial charge in [0.2, 0.25) is 0 Å². The first kappa shape index (κ1) is 11.9. The summed E-state index contributed by atoms with van der Waals surface area (Å²) in [5.41, 5.74) is 2.06. The summed E-state index contributed by atoms with van der Waals surface area (Å²) >= 11 is 3.52. The lowest BCUT2D eigenvalue weighted by atomic mass is 10.2. The van der Waals surface area contributed by atoms with E-state index in [1.165, 1.54) is 13.2 Å². The highest BCUT2D eigenvalue weighted by molar-refractivity contribution is 9.10. The molecule has 1 heterocycles. The molecule has 0 aliphatic rings. The largest absolute Gasteiger partial charge is 0.466 e. The number of halogens is 1. The van der Waals surface area contributed by atoms with E-state index in [0.717, 1.165) is 21.1 Å². The van der Waals surface area contributed by atoms with Gasteiger partial charge in [-0.25, -0.2) is 4.79 Å². The van der Waals surface area contributed by atoms with Crippen molar-refractivity contribution in [3.8, 4) is 0 Å². The fourth-order valence-electron chi connectivity index (χ4n) is 1.77. The number of methoxy groups -OCH3 is 1. The summed E-state index contributed by atoms with van der Waals surface area (Å²) in [6.45, 7) is 0. The van der Waals surface area contributed by atoms with Gasteiger partial charge in [0.15, 0.2) is 0 Å². The van der Waals surface area contributed by atoms with Crippen molar-refractivity contribution in [2.45, 2.75) is 0 Å². The van der Waals surface area contributed by atoms with E-state index in [9.17, 15) is 4.79 Å². The number of aromatic nitrogens is 1. The maximum Gasteiger partial charge on any atom is 0.330 e. The average molecular weight is 294 g/mol. The van der Waals surface area contributed by atoms with E-state index < -0.39 is 0 Å². The van der Waals surface area contributed by atoms with Crippen LogP contribution < -0.4 is 0 Å². The topological polar surface area (TPSA) is 31.2 Å². The molecule has 0 saturated heterocycles. The molecule has 0 spiro atoms. The Balaban J connectivity index is 2.50. The third kappa shape index (κ3) is 2.26. The average Bonchev–Trinajstić information content (AvgIpc) is 2.64. The lowest BCUT2D eigenvalue weighted by Crippen LogP contribution is -1.95. The number of fused-ring (bicyclic) bond motifs is 1. The first-order valence-corrected chi connectivity index (χ1v) is 5.92. The zero-order valence-corrected chi connectivity index (χ0v) is 11.2. The van der Waals surface area contributed by atoms with Gasteiger partial charge in [-0.1, -0.05) is 12.1 Å². The lowest BCUT2D eigenvalue weighted by molar-refractivity contribution is -0.134. The Hall–Kier alpha value is -1.55. The van der Waals surface area contributed by atoms with Gasteiger partial charge in [-0.2, -0.15) is 0 Å². The Morgan fingerprint density at radius 3 is 2.88 bits per heavy atom. The predicted octanol–water partition coefficient (Wildman–Crippen LogP) is 3.13. The molecule has 1 aromatic heterocycles. The summed E-state index contributed by atoms with van der Waals surface area (Å²) < 4.78 is 7.63. The van der Waals surface area contributed by atoms with Crippen LogP contribution in [0, 0.1) is 0 Å². The van der Waals surface area contributed by atoms with Crippen LogP contribution in [0.3, 0.4) is 0 Å². The van der Waals surface area contributed by atoms with Gasteiger partial charge in [-0.3, -0.25) is 0 Å². The first-order chi connectivity index (χ1) is 8.13. The fraction of sp³-hybridized carbons (Fsp3) is 0.154. The molecule has 17 heavy (non-hydrogen) atoms. The van der Waals surface area contributed by atoms with Crippen LogP contribution in [-0.4, -0.2) is 17.6 Å². The molecule has 0 atom stereocenters. The maximum atomic E-state index is 11.1. The van der Waals surface area contributed by atoms with Gasteiger partial charge in [0.05, 0.1) is 12.6 Å². The zero-order chi connectivity index (χ0) is 12.4. The minimum Gasteiger partial charge on any atom is -0.466 e. The molecule has 0 aliphatic heterocycles. The normalized spacial score (nSPS) is 11.2. The van der Waals surface area contributed by atoms with Gasteiger partial charge in [-0.15, -0.1) is 0 Å². The van der Waals surface area contributed by atoms with Gasteiger partial charge < -0.3 is 9.30 Å². The van der Waals surface area contributed by atoms with Crippen molar-refractivity contribution >= 4 is 38.9 Å². The van der Waals surface area contributed by atoms with E-state index in [2.05, 4.69) is 20.7 Å². The summed E-state index contributed by atoms with van der Waals surface area (Å²) in [5.74, 6) is -0.352. The van der Waals surface area contributed by atoms with Crippen LogP contribution >= 0.6 is 15.9 Å². The molecule has 2 rings (SSSR count). The number of aryl methyl sites for hydroxylation is 1. The fourth-order valence-corrected chi connectivity index (χ4v) is 2.42. The second-order valence-electron chi connectivity index (χ2n) is 3.66. The summed E-state index contributed by atoms with van der Waals surface area (Å²) in [4.78, 5) is 11.1. The molecular weight excluding hydrogens is 282 g/mol. The van der Waals surface area contributed by atoms with E-state index in [-0.39, 0.29) is 5.97 Å². The molecule has 88 valence electrons. The van der Waals surface area contributed by atoms with Crippen molar-refractivity contribution < 1.29 is 9.53 Å². The predicted molar refractivity (Wildman–Crippen MR) is 71.7 cm³/mol. The zero-order valence-electron chi connectivity index (χ0n) is 9.61. The third-order valence-electron chi connectivity index (χ3n) is 2.64. The Kier molecular flexibility index (Phi) is 3.33. The van der Waals surface area contributed by atoms with Crippen molar-refractivity contribution in [2.75, 3.05) is 7.11 Å². The monoisotopic (exact) mass is 293 g/mol. The highest BCUT2D eigenvalue weighted by Crippen LogP contribution is 2.26. The van der Waals surface area contributed by atoms with E-state index >= 15 is 0 Å². The van der Waals surface area contributed by atoms with E-state index in [1.54, 1.807) is 6.08 Å². The van der Waals surface area contributed by atoms with Crippen LogP contribution in [0.1, 0.15) is 5.69 Å². The molecule has 0 aliphatic carbocycles. The van der Waals surface area contributed by atoms with Gasteiger partial charge in [-0.05, 0) is 34.1 Å². The van der Waals surface area contributed by atoms with E-state index in [4.69, 9.17) is 0 Å². The van der Waals surface area contributed by atoms with Crippen LogP contribution in [-0.2, 0) is 16.6 Å². The number of benzene rings is 1. The van der Waals surface area contributed by atoms with Gasteiger partial charge >= 0.3 is 5.97 Å². The molecule has 0 N–H and O–H groups in total. The van der Waals surface area contributed by atoms with Crippen LogP contribution in [0.2, 0.25) is 0 Å². The molecule has 0 fully saturated rings. The number of ether oxygens (including phenoxy) is 1. The quantitative estimate of drug-likeness (QED) is 0.629. The van der Waals surface area contributed by atoms with Crippen molar-refractivity contribution in [3.63, 3.8) is 0 Å². The van der Waals surface area contributed by atoms with Gasteiger partial charge in [0, 0.05) is 28.7 Å². The smallest absolute Gasteiger partial charge is 0.330 e. The molecule has 2 aromatic rings. The number of carbonyl (C=O) groups excluding carboxylic acids is 1. The molecule has 0 radical (unpaired) electrons. The number of rotatable bonds is 2. The Labute approximate surface area is 108 Å². The maximum absolute atomic E-state index is 11.1. The van der Waals surface area contributed by atoms with Crippen molar-refractivity contribution in [3.05, 3.63) is 40.5 Å². The van der Waals surface area contributed by atoms with Crippen LogP contribution in [0.15, 0.2) is 34.8 Å². The molecule has 3 nitrogen and oxygen atoms in total. The minimum absolute atomic E-state index is 0.352. The van der Waals surface area contributed by atoms with Gasteiger partial charge in [0.1, 0.15) is 0 Å². The van der Waals surface area contributed by atoms with E-state index in [0.29, 0.717) is 0 Å². The summed E-state index contributed by atoms with van der Waals surface area (Å²) in [6.07, 6.45) is 3.17. The standard InChI is InChI=1S/C13H12BrNO2/c1-15-10(6-7-12(16)17-2)8-9-4-3-5-11(14)13(9)15/h3-8H,1-2H3. The Morgan fingerprint density at radius 1 is 1.47 bits per heavy atom. The molecule has 0 bridgehead atoms. The van der Waals surface area contributed by atoms with Crippen LogP contribution in [0.5, 0.6) is 0 Å². The molecular formula is C13H12BrNO2. The molecule has 0 unspecified atom stereocenters. The lowest BCUT2D eigenvalue weighted by Gasteiger charge is -2.01. The Morgan fingerprint density at radius 2 is 2.24 bits per heavy atom. The number of hydrogen-bond donors (Lipinski definition) is 0. The number of para-hydroxylation sites is 1. The number of carbonyl (C=O) groups is 1. The number of esters is 1. The Bertz CT molecular complexity index is 599. The van der Waals surface area contributed by atoms with Gasteiger partial charge in [0.25, 0.3) is 0 Å². The van der Waals surface area contributed by atoms with Crippen LogP contribution in [0.25, 0.3) is 17.0 Å². The van der Waals surface area contributed by atoms with Crippen molar-refractivity contribution in [2.24, 2.45) is 7.05 Å². The minimum atomic E-state index is -0.352. The van der Waals surface area contributed by atoms with Crippen LogP contribution in [0.4, 0.5) is 0 Å². The molecule has 1 aromatic carbocycles. The highest BCUT2D eigenvalue weighted by atomic mass is 79.9. The second kappa shape index (κ2) is 4.75. The van der Waals surface area contributed by atoms with Crippen molar-refractivity contribution in [1.29, 1.82) is 0 Å².